The van der Waals surface area contributed by atoms with Crippen LogP contribution in [-0.2, 0) is 0 Å². The Labute approximate surface area is 144 Å². The number of rotatable bonds is 2. The lowest BCUT2D eigenvalue weighted by Crippen LogP contribution is -2.30. The maximum absolute atomic E-state index is 14.1. The van der Waals surface area contributed by atoms with Crippen LogP contribution in [0.15, 0.2) is 66.7 Å². The quantitative estimate of drug-likeness (QED) is 0.665. The summed E-state index contributed by atoms with van der Waals surface area (Å²) in [6.45, 7) is 0.634. The second-order valence-electron chi connectivity index (χ2n) is 5.81. The molecule has 120 valence electrons. The van der Waals surface area contributed by atoms with Crippen LogP contribution in [0.5, 0.6) is 0 Å². The molecule has 1 atom stereocenters. The molecule has 1 saturated heterocycles. The Morgan fingerprint density at radius 1 is 1.00 bits per heavy atom. The van der Waals surface area contributed by atoms with E-state index in [1.165, 1.54) is 6.07 Å². The smallest absolute Gasteiger partial charge is 0.255 e. The number of carbonyl (C=O) groups is 1. The van der Waals surface area contributed by atoms with Gasteiger partial charge in [-0.1, -0.05) is 48.5 Å². The molecule has 0 aromatic heterocycles. The summed E-state index contributed by atoms with van der Waals surface area (Å²) in [5.41, 5.74) is 1.23. The van der Waals surface area contributed by atoms with Crippen molar-refractivity contribution >= 4 is 28.4 Å². The number of hydrogen-bond donors (Lipinski definition) is 0. The van der Waals surface area contributed by atoms with Gasteiger partial charge in [0.05, 0.1) is 0 Å². The van der Waals surface area contributed by atoms with Crippen molar-refractivity contribution in [2.45, 2.75) is 5.37 Å². The van der Waals surface area contributed by atoms with Crippen LogP contribution < -0.4 is 0 Å². The Kier molecular flexibility index (Phi) is 3.98. The van der Waals surface area contributed by atoms with Crippen LogP contribution in [0, 0.1) is 5.82 Å². The van der Waals surface area contributed by atoms with Crippen LogP contribution in [0.2, 0.25) is 0 Å². The van der Waals surface area contributed by atoms with Crippen molar-refractivity contribution in [1.29, 1.82) is 0 Å². The van der Waals surface area contributed by atoms with E-state index in [-0.39, 0.29) is 17.1 Å². The fraction of sp³-hybridized carbons (Fsp3) is 0.150. The highest BCUT2D eigenvalue weighted by molar-refractivity contribution is 7.99. The van der Waals surface area contributed by atoms with Crippen molar-refractivity contribution in [3.8, 4) is 0 Å². The second kappa shape index (κ2) is 6.29. The number of halogens is 1. The van der Waals surface area contributed by atoms with Gasteiger partial charge in [-0.15, -0.1) is 11.8 Å². The number of amides is 1. The third-order valence-electron chi connectivity index (χ3n) is 4.32. The maximum Gasteiger partial charge on any atom is 0.255 e. The highest BCUT2D eigenvalue weighted by atomic mass is 32.2. The van der Waals surface area contributed by atoms with Gasteiger partial charge in [0.15, 0.2) is 0 Å². The fourth-order valence-electron chi connectivity index (χ4n) is 3.10. The summed E-state index contributed by atoms with van der Waals surface area (Å²) >= 11 is 1.61. The first kappa shape index (κ1) is 15.2. The topological polar surface area (TPSA) is 20.3 Å². The van der Waals surface area contributed by atoms with Gasteiger partial charge in [0.25, 0.3) is 5.91 Å². The van der Waals surface area contributed by atoms with Crippen LogP contribution in [0.4, 0.5) is 4.39 Å². The Morgan fingerprint density at radius 2 is 1.75 bits per heavy atom. The molecule has 0 spiro atoms. The average Bonchev–Trinajstić information content (AvgIpc) is 3.10. The number of carbonyl (C=O) groups excluding carboxylic acids is 1. The first-order chi connectivity index (χ1) is 11.7. The van der Waals surface area contributed by atoms with Gasteiger partial charge in [0.1, 0.15) is 11.2 Å². The zero-order valence-electron chi connectivity index (χ0n) is 13.0. The highest BCUT2D eigenvalue weighted by Gasteiger charge is 2.32. The standard InChI is InChI=1S/C20H16FNOS/c21-18-8-4-3-7-17(18)20-22(11-12-24-20)19(23)16-10-9-14-5-1-2-6-15(14)13-16/h1-10,13,20H,11-12H2/t20-/m0/s1. The molecule has 1 fully saturated rings. The van der Waals surface area contributed by atoms with E-state index < -0.39 is 0 Å². The van der Waals surface area contributed by atoms with Crippen molar-refractivity contribution in [3.05, 3.63) is 83.7 Å². The van der Waals surface area contributed by atoms with E-state index in [0.717, 1.165) is 16.5 Å². The molecule has 0 N–H and O–H groups in total. The number of thioether (sulfide) groups is 1. The molecule has 1 amide bonds. The number of fused-ring (bicyclic) bond motifs is 1. The summed E-state index contributed by atoms with van der Waals surface area (Å²) in [4.78, 5) is 14.7. The molecule has 3 aromatic rings. The molecule has 4 rings (SSSR count). The van der Waals surface area contributed by atoms with Gasteiger partial charge in [-0.05, 0) is 29.0 Å². The third kappa shape index (κ3) is 2.67. The summed E-state index contributed by atoms with van der Waals surface area (Å²) in [5, 5.41) is 1.89. The molecule has 1 heterocycles. The predicted molar refractivity (Wildman–Crippen MR) is 96.6 cm³/mol. The van der Waals surface area contributed by atoms with Crippen LogP contribution in [0.1, 0.15) is 21.3 Å². The zero-order valence-corrected chi connectivity index (χ0v) is 13.8. The van der Waals surface area contributed by atoms with Gasteiger partial charge >= 0.3 is 0 Å². The van der Waals surface area contributed by atoms with Crippen molar-refractivity contribution < 1.29 is 9.18 Å². The molecular weight excluding hydrogens is 321 g/mol. The molecular formula is C20H16FNOS. The highest BCUT2D eigenvalue weighted by Crippen LogP contribution is 2.39. The molecule has 0 bridgehead atoms. The van der Waals surface area contributed by atoms with Gasteiger partial charge in [0.2, 0.25) is 0 Å². The zero-order chi connectivity index (χ0) is 16.5. The summed E-state index contributed by atoms with van der Waals surface area (Å²) in [7, 11) is 0. The molecule has 0 unspecified atom stereocenters. The normalized spacial score (nSPS) is 17.4. The van der Waals surface area contributed by atoms with Gasteiger partial charge in [0, 0.05) is 23.4 Å². The minimum Gasteiger partial charge on any atom is -0.322 e. The lowest BCUT2D eigenvalue weighted by atomic mass is 10.1. The molecule has 0 aliphatic carbocycles. The lowest BCUT2D eigenvalue weighted by molar-refractivity contribution is 0.0759. The summed E-state index contributed by atoms with van der Waals surface area (Å²) in [6.07, 6.45) is 0. The summed E-state index contributed by atoms with van der Waals surface area (Å²) < 4.78 is 14.1. The largest absolute Gasteiger partial charge is 0.322 e. The molecule has 0 saturated carbocycles. The summed E-state index contributed by atoms with van der Waals surface area (Å²) in [5.74, 6) is 0.519. The molecule has 3 aromatic carbocycles. The van der Waals surface area contributed by atoms with Crippen molar-refractivity contribution in [2.75, 3.05) is 12.3 Å². The van der Waals surface area contributed by atoms with E-state index in [0.29, 0.717) is 17.7 Å². The number of nitrogens with zero attached hydrogens (tertiary/aromatic N) is 1. The third-order valence-corrected chi connectivity index (χ3v) is 5.56. The molecule has 0 radical (unpaired) electrons. The Bertz CT molecular complexity index is 911. The SMILES string of the molecule is O=C(c1ccc2ccccc2c1)N1CCS[C@H]1c1ccccc1F. The number of hydrogen-bond acceptors (Lipinski definition) is 2. The van der Waals surface area contributed by atoms with Crippen LogP contribution in [0.3, 0.4) is 0 Å². The van der Waals surface area contributed by atoms with E-state index in [1.807, 2.05) is 48.5 Å². The second-order valence-corrected chi connectivity index (χ2v) is 6.99. The maximum atomic E-state index is 14.1. The van der Waals surface area contributed by atoms with E-state index in [1.54, 1.807) is 28.8 Å². The Balaban J connectivity index is 1.68. The van der Waals surface area contributed by atoms with Crippen molar-refractivity contribution in [1.82, 2.24) is 4.90 Å². The van der Waals surface area contributed by atoms with Gasteiger partial charge in [-0.3, -0.25) is 4.79 Å². The van der Waals surface area contributed by atoms with Gasteiger partial charge in [-0.25, -0.2) is 4.39 Å². The van der Waals surface area contributed by atoms with Gasteiger partial charge < -0.3 is 4.90 Å². The lowest BCUT2D eigenvalue weighted by Gasteiger charge is -2.24. The Hall–Kier alpha value is -2.33. The predicted octanol–water partition coefficient (Wildman–Crippen LogP) is 4.87. The summed E-state index contributed by atoms with van der Waals surface area (Å²) in [6, 6.07) is 20.4. The van der Waals surface area contributed by atoms with E-state index in [4.69, 9.17) is 0 Å². The molecule has 1 aliphatic heterocycles. The Morgan fingerprint density at radius 3 is 2.58 bits per heavy atom. The fourth-order valence-corrected chi connectivity index (χ4v) is 4.38. The number of benzene rings is 3. The molecule has 1 aliphatic rings. The van der Waals surface area contributed by atoms with Crippen LogP contribution in [0.25, 0.3) is 10.8 Å². The van der Waals surface area contributed by atoms with Crippen molar-refractivity contribution in [2.24, 2.45) is 0 Å². The molecule has 4 heteroatoms. The van der Waals surface area contributed by atoms with Gasteiger partial charge in [-0.2, -0.15) is 0 Å². The molecule has 24 heavy (non-hydrogen) atoms. The van der Waals surface area contributed by atoms with E-state index in [9.17, 15) is 9.18 Å². The average molecular weight is 337 g/mol. The first-order valence-electron chi connectivity index (χ1n) is 7.90. The van der Waals surface area contributed by atoms with E-state index in [2.05, 4.69) is 0 Å². The minimum absolute atomic E-state index is 0.0426. The van der Waals surface area contributed by atoms with Crippen LogP contribution in [-0.4, -0.2) is 23.1 Å². The molecule has 2 nitrogen and oxygen atoms in total. The van der Waals surface area contributed by atoms with Crippen molar-refractivity contribution in [3.63, 3.8) is 0 Å². The first-order valence-corrected chi connectivity index (χ1v) is 8.95. The monoisotopic (exact) mass is 337 g/mol. The van der Waals surface area contributed by atoms with E-state index >= 15 is 0 Å². The van der Waals surface area contributed by atoms with Crippen LogP contribution >= 0.6 is 11.8 Å². The minimum atomic E-state index is -0.259.